The van der Waals surface area contributed by atoms with Crippen molar-refractivity contribution in [2.75, 3.05) is 13.1 Å². The first-order valence-electron chi connectivity index (χ1n) is 6.86. The van der Waals surface area contributed by atoms with Crippen LogP contribution in [-0.2, 0) is 6.42 Å². The summed E-state index contributed by atoms with van der Waals surface area (Å²) >= 11 is 0. The Morgan fingerprint density at radius 3 is 2.47 bits per heavy atom. The molecule has 0 saturated heterocycles. The maximum Gasteiger partial charge on any atom is -0.00258 e. The Morgan fingerprint density at radius 1 is 1.06 bits per heavy atom. The Hall–Kier alpha value is -0.820. The fraction of sp³-hybridized carbons (Fsp3) is 0.625. The van der Waals surface area contributed by atoms with Gasteiger partial charge < -0.3 is 5.32 Å². The van der Waals surface area contributed by atoms with Crippen molar-refractivity contribution in [2.24, 2.45) is 5.92 Å². The van der Waals surface area contributed by atoms with Crippen molar-refractivity contribution >= 4 is 0 Å². The van der Waals surface area contributed by atoms with Gasteiger partial charge in [0.25, 0.3) is 0 Å². The molecule has 96 valence electrons. The highest BCUT2D eigenvalue weighted by atomic mass is 14.8. The van der Waals surface area contributed by atoms with Gasteiger partial charge in [0.1, 0.15) is 0 Å². The van der Waals surface area contributed by atoms with E-state index in [4.69, 9.17) is 0 Å². The van der Waals surface area contributed by atoms with Gasteiger partial charge in [-0.25, -0.2) is 0 Å². The average Bonchev–Trinajstić information content (AvgIpc) is 2.27. The lowest BCUT2D eigenvalue weighted by atomic mass is 10.0. The second-order valence-corrected chi connectivity index (χ2v) is 5.47. The van der Waals surface area contributed by atoms with Gasteiger partial charge in [0.05, 0.1) is 0 Å². The van der Waals surface area contributed by atoms with Gasteiger partial charge in [0.2, 0.25) is 0 Å². The molecule has 1 rings (SSSR count). The molecule has 0 heterocycles. The van der Waals surface area contributed by atoms with Crippen LogP contribution in [-0.4, -0.2) is 13.1 Å². The van der Waals surface area contributed by atoms with Crippen molar-refractivity contribution in [1.82, 2.24) is 5.32 Å². The lowest BCUT2D eigenvalue weighted by Gasteiger charge is -2.08. The third-order valence-corrected chi connectivity index (χ3v) is 3.19. The highest BCUT2D eigenvalue weighted by Crippen LogP contribution is 2.11. The van der Waals surface area contributed by atoms with E-state index >= 15 is 0 Å². The molecule has 0 aromatic heterocycles. The molecule has 0 spiro atoms. The summed E-state index contributed by atoms with van der Waals surface area (Å²) in [5.41, 5.74) is 4.30. The summed E-state index contributed by atoms with van der Waals surface area (Å²) in [6.45, 7) is 11.2. The molecule has 0 atom stereocenters. The molecule has 0 fully saturated rings. The molecular formula is C16H27N. The fourth-order valence-electron chi connectivity index (χ4n) is 1.93. The van der Waals surface area contributed by atoms with Crippen molar-refractivity contribution in [1.29, 1.82) is 0 Å². The van der Waals surface area contributed by atoms with Crippen LogP contribution in [0.5, 0.6) is 0 Å². The first kappa shape index (κ1) is 14.2. The van der Waals surface area contributed by atoms with Gasteiger partial charge in [-0.05, 0) is 68.8 Å². The molecule has 0 saturated carbocycles. The Bertz CT molecular complexity index is 328. The smallest absolute Gasteiger partial charge is 0.00258 e. The van der Waals surface area contributed by atoms with Gasteiger partial charge in [-0.2, -0.15) is 0 Å². The highest BCUT2D eigenvalue weighted by molar-refractivity contribution is 5.29. The van der Waals surface area contributed by atoms with E-state index in [9.17, 15) is 0 Å². The molecule has 0 radical (unpaired) electrons. The third kappa shape index (κ3) is 5.88. The van der Waals surface area contributed by atoms with E-state index in [0.717, 1.165) is 19.0 Å². The number of rotatable bonds is 7. The molecule has 1 aromatic carbocycles. The normalized spacial score (nSPS) is 11.1. The van der Waals surface area contributed by atoms with Crippen LogP contribution in [0.1, 0.15) is 43.4 Å². The van der Waals surface area contributed by atoms with E-state index in [-0.39, 0.29) is 0 Å². The number of aryl methyl sites for hydroxylation is 3. The highest BCUT2D eigenvalue weighted by Gasteiger charge is 1.97. The summed E-state index contributed by atoms with van der Waals surface area (Å²) in [5.74, 6) is 0.759. The first-order chi connectivity index (χ1) is 8.09. The third-order valence-electron chi connectivity index (χ3n) is 3.19. The number of hydrogen-bond acceptors (Lipinski definition) is 1. The van der Waals surface area contributed by atoms with Gasteiger partial charge >= 0.3 is 0 Å². The van der Waals surface area contributed by atoms with Gasteiger partial charge in [-0.15, -0.1) is 0 Å². The van der Waals surface area contributed by atoms with Gasteiger partial charge in [-0.1, -0.05) is 32.0 Å². The molecule has 0 aliphatic heterocycles. The minimum Gasteiger partial charge on any atom is -0.316 e. The summed E-state index contributed by atoms with van der Waals surface area (Å²) in [4.78, 5) is 0. The lowest BCUT2D eigenvalue weighted by molar-refractivity contribution is 0.535. The SMILES string of the molecule is Cc1ccc(CCCCNCC(C)C)cc1C. The van der Waals surface area contributed by atoms with Crippen molar-refractivity contribution in [3.63, 3.8) is 0 Å². The van der Waals surface area contributed by atoms with E-state index in [2.05, 4.69) is 51.2 Å². The molecule has 1 aromatic rings. The lowest BCUT2D eigenvalue weighted by Crippen LogP contribution is -2.20. The summed E-state index contributed by atoms with van der Waals surface area (Å²) in [7, 11) is 0. The molecule has 1 nitrogen and oxygen atoms in total. The average molecular weight is 233 g/mol. The van der Waals surface area contributed by atoms with Gasteiger partial charge in [0, 0.05) is 0 Å². The van der Waals surface area contributed by atoms with Crippen LogP contribution < -0.4 is 5.32 Å². The largest absolute Gasteiger partial charge is 0.316 e. The number of nitrogens with one attached hydrogen (secondary N) is 1. The quantitative estimate of drug-likeness (QED) is 0.705. The Kier molecular flexibility index (Phi) is 6.28. The second-order valence-electron chi connectivity index (χ2n) is 5.47. The van der Waals surface area contributed by atoms with Crippen molar-refractivity contribution < 1.29 is 0 Å². The zero-order valence-corrected chi connectivity index (χ0v) is 11.8. The molecule has 0 unspecified atom stereocenters. The fourth-order valence-corrected chi connectivity index (χ4v) is 1.93. The van der Waals surface area contributed by atoms with E-state index in [1.165, 1.54) is 36.0 Å². The summed E-state index contributed by atoms with van der Waals surface area (Å²) in [6.07, 6.45) is 3.78. The minimum atomic E-state index is 0.759. The predicted molar refractivity (Wildman–Crippen MR) is 76.6 cm³/mol. The standard InChI is InChI=1S/C16H27N/c1-13(2)12-17-10-6-5-7-16-9-8-14(3)15(4)11-16/h8-9,11,13,17H,5-7,10,12H2,1-4H3. The monoisotopic (exact) mass is 233 g/mol. The van der Waals surface area contributed by atoms with Crippen molar-refractivity contribution in [3.8, 4) is 0 Å². The van der Waals surface area contributed by atoms with Crippen LogP contribution in [0, 0.1) is 19.8 Å². The Morgan fingerprint density at radius 2 is 1.82 bits per heavy atom. The number of unbranched alkanes of at least 4 members (excludes halogenated alkanes) is 1. The Balaban J connectivity index is 2.16. The van der Waals surface area contributed by atoms with Crippen LogP contribution in [0.3, 0.4) is 0 Å². The molecule has 1 N–H and O–H groups in total. The number of benzene rings is 1. The van der Waals surface area contributed by atoms with Gasteiger partial charge in [-0.3, -0.25) is 0 Å². The maximum atomic E-state index is 3.49. The molecular weight excluding hydrogens is 206 g/mol. The second kappa shape index (κ2) is 7.50. The molecule has 1 heteroatoms. The van der Waals surface area contributed by atoms with Crippen molar-refractivity contribution in [2.45, 2.75) is 47.0 Å². The minimum absolute atomic E-state index is 0.759. The molecule has 17 heavy (non-hydrogen) atoms. The van der Waals surface area contributed by atoms with Crippen LogP contribution >= 0.6 is 0 Å². The van der Waals surface area contributed by atoms with E-state index in [1.807, 2.05) is 0 Å². The van der Waals surface area contributed by atoms with Crippen LogP contribution in [0.4, 0.5) is 0 Å². The first-order valence-corrected chi connectivity index (χ1v) is 6.86. The zero-order valence-electron chi connectivity index (χ0n) is 11.8. The Labute approximate surface area is 107 Å². The summed E-state index contributed by atoms with van der Waals surface area (Å²) in [5, 5.41) is 3.49. The van der Waals surface area contributed by atoms with Crippen LogP contribution in [0.25, 0.3) is 0 Å². The van der Waals surface area contributed by atoms with Gasteiger partial charge in [0.15, 0.2) is 0 Å². The molecule has 0 bridgehead atoms. The molecule has 0 aliphatic rings. The molecule has 0 aliphatic carbocycles. The summed E-state index contributed by atoms with van der Waals surface area (Å²) in [6, 6.07) is 6.84. The van der Waals surface area contributed by atoms with Crippen LogP contribution in [0.15, 0.2) is 18.2 Å². The van der Waals surface area contributed by atoms with Crippen LogP contribution in [0.2, 0.25) is 0 Å². The number of hydrogen-bond donors (Lipinski definition) is 1. The molecule has 0 amide bonds. The van der Waals surface area contributed by atoms with E-state index < -0.39 is 0 Å². The predicted octanol–water partition coefficient (Wildman–Crippen LogP) is 3.87. The topological polar surface area (TPSA) is 12.0 Å². The zero-order chi connectivity index (χ0) is 12.7. The van der Waals surface area contributed by atoms with Crippen molar-refractivity contribution in [3.05, 3.63) is 34.9 Å². The van der Waals surface area contributed by atoms with E-state index in [0.29, 0.717) is 0 Å². The summed E-state index contributed by atoms with van der Waals surface area (Å²) < 4.78 is 0. The van der Waals surface area contributed by atoms with E-state index in [1.54, 1.807) is 0 Å². The maximum absolute atomic E-state index is 3.49.